The fourth-order valence-corrected chi connectivity index (χ4v) is 2.01. The van der Waals surface area contributed by atoms with Crippen LogP contribution in [0.4, 0.5) is 17.3 Å². The Morgan fingerprint density at radius 2 is 2.22 bits per heavy atom. The number of carbonyl (C=O) groups is 1. The van der Waals surface area contributed by atoms with Gasteiger partial charge in [-0.25, -0.2) is 19.7 Å². The van der Waals surface area contributed by atoms with Gasteiger partial charge in [-0.1, -0.05) is 11.8 Å². The third kappa shape index (κ3) is 3.92. The van der Waals surface area contributed by atoms with Crippen LogP contribution in [0.15, 0.2) is 29.7 Å². The largest absolute Gasteiger partial charge is 0.462 e. The molecule has 0 fully saturated rings. The number of ether oxygens (including phenoxy) is 1. The summed E-state index contributed by atoms with van der Waals surface area (Å²) in [6.45, 7) is 1.86. The van der Waals surface area contributed by atoms with Gasteiger partial charge in [-0.15, -0.1) is 0 Å². The van der Waals surface area contributed by atoms with E-state index in [-0.39, 0.29) is 29.5 Å². The number of hydrogen-bond acceptors (Lipinski definition) is 9. The molecule has 0 saturated carbocycles. The second-order valence-electron chi connectivity index (χ2n) is 4.09. The van der Waals surface area contributed by atoms with Crippen molar-refractivity contribution in [1.29, 1.82) is 0 Å². The van der Waals surface area contributed by atoms with Crippen LogP contribution in [0, 0.1) is 10.1 Å². The average molecular weight is 335 g/mol. The maximum atomic E-state index is 12.0. The van der Waals surface area contributed by atoms with Crippen LogP contribution in [0.25, 0.3) is 0 Å². The van der Waals surface area contributed by atoms with Crippen LogP contribution in [-0.4, -0.2) is 38.7 Å². The van der Waals surface area contributed by atoms with Gasteiger partial charge in [0.1, 0.15) is 5.56 Å². The van der Waals surface area contributed by atoms with Crippen LogP contribution in [-0.2, 0) is 4.74 Å². The van der Waals surface area contributed by atoms with Crippen molar-refractivity contribution >= 4 is 35.1 Å². The van der Waals surface area contributed by atoms with Crippen molar-refractivity contribution in [2.24, 2.45) is 0 Å². The van der Waals surface area contributed by atoms with Gasteiger partial charge in [0.2, 0.25) is 5.82 Å². The minimum Gasteiger partial charge on any atom is -0.462 e. The first-order valence-corrected chi connectivity index (χ1v) is 7.73. The van der Waals surface area contributed by atoms with Gasteiger partial charge in [0.05, 0.1) is 11.5 Å². The number of pyridine rings is 1. The molecule has 0 aromatic carbocycles. The molecule has 120 valence electrons. The van der Waals surface area contributed by atoms with Gasteiger partial charge in [0.25, 0.3) is 0 Å². The topological polar surface area (TPSA) is 120 Å². The summed E-state index contributed by atoms with van der Waals surface area (Å²) in [4.78, 5) is 34.6. The lowest BCUT2D eigenvalue weighted by Gasteiger charge is -2.10. The summed E-state index contributed by atoms with van der Waals surface area (Å²) in [5.74, 6) is -0.542. The van der Waals surface area contributed by atoms with E-state index in [9.17, 15) is 14.9 Å². The van der Waals surface area contributed by atoms with E-state index in [1.807, 2.05) is 0 Å². The van der Waals surface area contributed by atoms with E-state index >= 15 is 0 Å². The van der Waals surface area contributed by atoms with Gasteiger partial charge in [-0.05, 0) is 19.2 Å². The Kier molecular flexibility index (Phi) is 5.41. The Morgan fingerprint density at radius 3 is 2.87 bits per heavy atom. The van der Waals surface area contributed by atoms with Gasteiger partial charge >= 0.3 is 11.7 Å². The second-order valence-corrected chi connectivity index (χ2v) is 4.87. The third-order valence-corrected chi connectivity index (χ3v) is 3.23. The molecular formula is C13H13N5O4S. The highest BCUT2D eigenvalue weighted by Gasteiger charge is 2.20. The van der Waals surface area contributed by atoms with Crippen LogP contribution >= 0.6 is 11.8 Å². The first-order chi connectivity index (χ1) is 11.1. The summed E-state index contributed by atoms with van der Waals surface area (Å²) in [7, 11) is 0. The van der Waals surface area contributed by atoms with E-state index in [0.29, 0.717) is 5.16 Å². The highest BCUT2D eigenvalue weighted by atomic mass is 32.2. The zero-order valence-electron chi connectivity index (χ0n) is 12.3. The maximum absolute atomic E-state index is 12.0. The van der Waals surface area contributed by atoms with Gasteiger partial charge in [-0.2, -0.15) is 0 Å². The fourth-order valence-electron chi connectivity index (χ4n) is 1.67. The Balaban J connectivity index is 2.45. The number of esters is 1. The van der Waals surface area contributed by atoms with E-state index < -0.39 is 10.9 Å². The summed E-state index contributed by atoms with van der Waals surface area (Å²) in [5, 5.41) is 14.2. The van der Waals surface area contributed by atoms with Gasteiger partial charge in [0.15, 0.2) is 11.0 Å². The highest BCUT2D eigenvalue weighted by molar-refractivity contribution is 7.98. The zero-order chi connectivity index (χ0) is 16.8. The number of nitrogens with zero attached hydrogens (tertiary/aromatic N) is 4. The molecule has 10 heteroatoms. The Labute approximate surface area is 135 Å². The van der Waals surface area contributed by atoms with Crippen molar-refractivity contribution < 1.29 is 14.5 Å². The molecule has 2 rings (SSSR count). The van der Waals surface area contributed by atoms with E-state index in [2.05, 4.69) is 20.3 Å². The van der Waals surface area contributed by atoms with Crippen molar-refractivity contribution in [1.82, 2.24) is 15.0 Å². The van der Waals surface area contributed by atoms with E-state index in [0.717, 1.165) is 0 Å². The first kappa shape index (κ1) is 16.6. The summed E-state index contributed by atoms with van der Waals surface area (Å²) in [5.41, 5.74) is -0.156. The lowest BCUT2D eigenvalue weighted by molar-refractivity contribution is -0.384. The standard InChI is InChI=1S/C13H13N5O4S/c1-3-22-12(19)8-7-15-13(23-2)17-10(8)16-11-9(18(20)21)5-4-6-14-11/h4-7H,3H2,1-2H3,(H,14,15,16,17). The van der Waals surface area contributed by atoms with Crippen LogP contribution in [0.2, 0.25) is 0 Å². The van der Waals surface area contributed by atoms with Crippen LogP contribution < -0.4 is 5.32 Å². The van der Waals surface area contributed by atoms with Crippen molar-refractivity contribution in [3.8, 4) is 0 Å². The molecule has 2 aromatic rings. The highest BCUT2D eigenvalue weighted by Crippen LogP contribution is 2.26. The molecule has 0 aliphatic rings. The molecule has 0 bridgehead atoms. The minimum absolute atomic E-state index is 0.0196. The molecule has 0 amide bonds. The number of thioether (sulfide) groups is 1. The molecule has 23 heavy (non-hydrogen) atoms. The predicted molar refractivity (Wildman–Crippen MR) is 83.9 cm³/mol. The summed E-state index contributed by atoms with van der Waals surface area (Å²) < 4.78 is 4.94. The average Bonchev–Trinajstić information content (AvgIpc) is 2.55. The molecule has 1 N–H and O–H groups in total. The molecule has 0 atom stereocenters. The molecule has 2 heterocycles. The van der Waals surface area contributed by atoms with Gasteiger partial charge < -0.3 is 10.1 Å². The molecule has 0 radical (unpaired) electrons. The first-order valence-electron chi connectivity index (χ1n) is 6.51. The molecule has 0 aliphatic carbocycles. The molecule has 0 spiro atoms. The quantitative estimate of drug-likeness (QED) is 0.279. The number of rotatable bonds is 6. The smallest absolute Gasteiger partial charge is 0.343 e. The molecule has 2 aromatic heterocycles. The van der Waals surface area contributed by atoms with Gasteiger partial charge in [-0.3, -0.25) is 10.1 Å². The zero-order valence-corrected chi connectivity index (χ0v) is 13.2. The number of carbonyl (C=O) groups excluding carboxylic acids is 1. The lowest BCUT2D eigenvalue weighted by atomic mass is 10.3. The van der Waals surface area contributed by atoms with Crippen LogP contribution in [0.3, 0.4) is 0 Å². The number of anilines is 2. The Hall–Kier alpha value is -2.75. The van der Waals surface area contributed by atoms with E-state index in [1.165, 1.54) is 36.3 Å². The molecule has 0 unspecified atom stereocenters. The minimum atomic E-state index is -0.624. The molecule has 0 saturated heterocycles. The van der Waals surface area contributed by atoms with Crippen LogP contribution in [0.5, 0.6) is 0 Å². The Bertz CT molecular complexity index is 740. The summed E-state index contributed by atoms with van der Waals surface area (Å²) >= 11 is 1.27. The van der Waals surface area contributed by atoms with Crippen molar-refractivity contribution in [2.75, 3.05) is 18.2 Å². The monoisotopic (exact) mass is 335 g/mol. The Morgan fingerprint density at radius 1 is 1.43 bits per heavy atom. The van der Waals surface area contributed by atoms with E-state index in [4.69, 9.17) is 4.74 Å². The van der Waals surface area contributed by atoms with Gasteiger partial charge in [0, 0.05) is 18.5 Å². The third-order valence-electron chi connectivity index (χ3n) is 2.66. The SMILES string of the molecule is CCOC(=O)c1cnc(SC)nc1Nc1ncccc1[N+](=O)[O-]. The van der Waals surface area contributed by atoms with E-state index in [1.54, 1.807) is 13.2 Å². The summed E-state index contributed by atoms with van der Waals surface area (Å²) in [6.07, 6.45) is 4.48. The molecular weight excluding hydrogens is 322 g/mol. The number of hydrogen-bond donors (Lipinski definition) is 1. The fraction of sp³-hybridized carbons (Fsp3) is 0.231. The maximum Gasteiger partial charge on any atom is 0.343 e. The molecule has 9 nitrogen and oxygen atoms in total. The second kappa shape index (κ2) is 7.49. The number of aromatic nitrogens is 3. The summed E-state index contributed by atoms with van der Waals surface area (Å²) in [6, 6.07) is 2.75. The van der Waals surface area contributed by atoms with Crippen molar-refractivity contribution in [3.05, 3.63) is 40.2 Å². The lowest BCUT2D eigenvalue weighted by Crippen LogP contribution is -2.11. The van der Waals surface area contributed by atoms with Crippen molar-refractivity contribution in [3.63, 3.8) is 0 Å². The van der Waals surface area contributed by atoms with Crippen LogP contribution in [0.1, 0.15) is 17.3 Å². The normalized spacial score (nSPS) is 10.2. The van der Waals surface area contributed by atoms with Crippen molar-refractivity contribution in [2.45, 2.75) is 12.1 Å². The number of nitrogens with one attached hydrogen (secondary N) is 1. The molecule has 0 aliphatic heterocycles. The number of nitro groups is 1. The predicted octanol–water partition coefficient (Wildman–Crippen LogP) is 2.42.